The summed E-state index contributed by atoms with van der Waals surface area (Å²) in [5, 5.41) is 20.2. The molecule has 0 spiro atoms. The molecule has 1 aliphatic carbocycles. The van der Waals surface area contributed by atoms with Crippen LogP contribution in [-0.2, 0) is 4.79 Å². The second kappa shape index (κ2) is 12.7. The van der Waals surface area contributed by atoms with E-state index < -0.39 is 6.04 Å². The average Bonchev–Trinajstić information content (AvgIpc) is 3.28. The summed E-state index contributed by atoms with van der Waals surface area (Å²) >= 11 is 0. The maximum Gasteiger partial charge on any atom is 0.244 e. The van der Waals surface area contributed by atoms with Gasteiger partial charge in [-0.15, -0.1) is 0 Å². The van der Waals surface area contributed by atoms with Gasteiger partial charge in [0.2, 0.25) is 5.91 Å². The minimum Gasteiger partial charge on any atom is -0.394 e. The number of hydrogen-bond donors (Lipinski definition) is 3. The van der Waals surface area contributed by atoms with Crippen LogP contribution in [0.1, 0.15) is 39.0 Å². The molecule has 1 saturated carbocycles. The number of aliphatic hydroxyl groups excluding tert-OH is 2. The maximum absolute atomic E-state index is 11.4. The highest BCUT2D eigenvalue weighted by Gasteiger charge is 2.29. The predicted octanol–water partition coefficient (Wildman–Crippen LogP) is 2.90. The zero-order valence-electron chi connectivity index (χ0n) is 14.6. The Balaban J connectivity index is 2.00. The van der Waals surface area contributed by atoms with Gasteiger partial charge in [-0.25, -0.2) is 0 Å². The zero-order valence-corrected chi connectivity index (χ0v) is 14.6. The summed E-state index contributed by atoms with van der Waals surface area (Å²) in [7, 11) is 0. The van der Waals surface area contributed by atoms with Crippen molar-refractivity contribution >= 4 is 5.91 Å². The number of aliphatic hydroxyl groups is 2. The molecule has 0 radical (unpaired) electrons. The molecule has 0 heterocycles. The first-order chi connectivity index (χ1) is 11.7. The number of rotatable bonds is 12. The lowest BCUT2D eigenvalue weighted by molar-refractivity contribution is -0.117. The van der Waals surface area contributed by atoms with Gasteiger partial charge in [0.15, 0.2) is 0 Å². The van der Waals surface area contributed by atoms with Gasteiger partial charge in [-0.2, -0.15) is 0 Å². The smallest absolute Gasteiger partial charge is 0.244 e. The summed E-state index contributed by atoms with van der Waals surface area (Å²) in [6.07, 6.45) is 21.4. The van der Waals surface area contributed by atoms with Crippen molar-refractivity contribution in [2.45, 2.75) is 45.1 Å². The fourth-order valence-corrected chi connectivity index (χ4v) is 2.21. The van der Waals surface area contributed by atoms with Crippen LogP contribution in [0.15, 0.2) is 48.6 Å². The number of nitrogens with one attached hydrogen (secondary N) is 1. The van der Waals surface area contributed by atoms with E-state index in [1.54, 1.807) is 6.08 Å². The van der Waals surface area contributed by atoms with Crippen LogP contribution in [0.2, 0.25) is 0 Å². The third kappa shape index (κ3) is 10.2. The molecule has 24 heavy (non-hydrogen) atoms. The van der Waals surface area contributed by atoms with Crippen molar-refractivity contribution in [2.24, 2.45) is 11.8 Å². The van der Waals surface area contributed by atoms with Crippen molar-refractivity contribution in [2.75, 3.05) is 13.2 Å². The summed E-state index contributed by atoms with van der Waals surface area (Å²) in [5.41, 5.74) is 0. The summed E-state index contributed by atoms with van der Waals surface area (Å²) in [6.45, 7) is 1.77. The summed E-state index contributed by atoms with van der Waals surface area (Å²) in [6, 6.07) is -0.588. The molecule has 1 amide bonds. The van der Waals surface area contributed by atoms with Crippen LogP contribution in [0.25, 0.3) is 0 Å². The molecular weight excluding hydrogens is 302 g/mol. The lowest BCUT2D eigenvalue weighted by atomic mass is 10.2. The molecule has 1 fully saturated rings. The molecule has 2 atom stereocenters. The van der Waals surface area contributed by atoms with Gasteiger partial charge < -0.3 is 15.5 Å². The second-order valence-corrected chi connectivity index (χ2v) is 6.29. The van der Waals surface area contributed by atoms with E-state index in [0.29, 0.717) is 0 Å². The monoisotopic (exact) mass is 333 g/mol. The molecule has 0 aromatic carbocycles. The first-order valence-electron chi connectivity index (χ1n) is 8.84. The highest BCUT2D eigenvalue weighted by Crippen LogP contribution is 2.38. The Bertz CT molecular complexity index is 462. The van der Waals surface area contributed by atoms with Gasteiger partial charge >= 0.3 is 0 Å². The SMILES string of the molecule is C[C@H]1C[C@@H]1/C=C/CC/C=C\C=C/CC/C=C\C(=O)NC(CO)CO. The molecule has 0 unspecified atom stereocenters. The molecule has 134 valence electrons. The zero-order chi connectivity index (χ0) is 17.6. The first-order valence-corrected chi connectivity index (χ1v) is 8.84. The summed E-state index contributed by atoms with van der Waals surface area (Å²) in [5.74, 6) is 1.44. The van der Waals surface area contributed by atoms with Gasteiger partial charge in [-0.1, -0.05) is 49.5 Å². The fourth-order valence-electron chi connectivity index (χ4n) is 2.21. The van der Waals surface area contributed by atoms with Crippen molar-refractivity contribution in [3.05, 3.63) is 48.6 Å². The van der Waals surface area contributed by atoms with Gasteiger partial charge in [0.25, 0.3) is 0 Å². The van der Waals surface area contributed by atoms with E-state index in [2.05, 4.69) is 42.6 Å². The van der Waals surface area contributed by atoms with Crippen LogP contribution < -0.4 is 5.32 Å². The van der Waals surface area contributed by atoms with E-state index in [0.717, 1.165) is 37.5 Å². The highest BCUT2D eigenvalue weighted by atomic mass is 16.3. The number of carbonyl (C=O) groups is 1. The molecule has 4 heteroatoms. The van der Waals surface area contributed by atoms with Crippen LogP contribution in [-0.4, -0.2) is 35.4 Å². The van der Waals surface area contributed by atoms with Crippen LogP contribution in [0, 0.1) is 11.8 Å². The quantitative estimate of drug-likeness (QED) is 0.223. The molecule has 0 aliphatic heterocycles. The predicted molar refractivity (Wildman–Crippen MR) is 98.4 cm³/mol. The minimum absolute atomic E-state index is 0.263. The normalized spacial score (nSPS) is 21.0. The average molecular weight is 333 g/mol. The fraction of sp³-hybridized carbons (Fsp3) is 0.550. The van der Waals surface area contributed by atoms with E-state index in [4.69, 9.17) is 10.2 Å². The second-order valence-electron chi connectivity index (χ2n) is 6.29. The van der Waals surface area contributed by atoms with E-state index in [9.17, 15) is 4.79 Å². The Morgan fingerprint density at radius 2 is 1.58 bits per heavy atom. The van der Waals surface area contributed by atoms with E-state index >= 15 is 0 Å². The molecule has 4 nitrogen and oxygen atoms in total. The van der Waals surface area contributed by atoms with Gasteiger partial charge in [0.05, 0.1) is 19.3 Å². The third-order valence-electron chi connectivity index (χ3n) is 3.99. The lowest BCUT2D eigenvalue weighted by Gasteiger charge is -2.10. The number of unbranched alkanes of at least 4 members (excludes halogenated alkanes) is 2. The highest BCUT2D eigenvalue weighted by molar-refractivity contribution is 5.87. The Hall–Kier alpha value is -1.65. The number of hydrogen-bond acceptors (Lipinski definition) is 3. The van der Waals surface area contributed by atoms with Crippen LogP contribution in [0.3, 0.4) is 0 Å². The Kier molecular flexibility index (Phi) is 10.8. The van der Waals surface area contributed by atoms with Gasteiger partial charge in [-0.05, 0) is 50.0 Å². The van der Waals surface area contributed by atoms with Crippen LogP contribution in [0.5, 0.6) is 0 Å². The summed E-state index contributed by atoms with van der Waals surface area (Å²) in [4.78, 5) is 11.4. The Labute approximate surface area is 145 Å². The van der Waals surface area contributed by atoms with E-state index in [1.807, 2.05) is 6.08 Å². The minimum atomic E-state index is -0.588. The first kappa shape index (κ1) is 20.4. The Morgan fingerprint density at radius 1 is 1.04 bits per heavy atom. The third-order valence-corrected chi connectivity index (χ3v) is 3.99. The van der Waals surface area contributed by atoms with Crippen LogP contribution in [0.4, 0.5) is 0 Å². The molecule has 0 saturated heterocycles. The summed E-state index contributed by atoms with van der Waals surface area (Å²) < 4.78 is 0. The van der Waals surface area contributed by atoms with Gasteiger partial charge in [0.1, 0.15) is 0 Å². The van der Waals surface area contributed by atoms with E-state index in [1.165, 1.54) is 12.5 Å². The van der Waals surface area contributed by atoms with Crippen molar-refractivity contribution in [1.82, 2.24) is 5.32 Å². The van der Waals surface area contributed by atoms with Crippen molar-refractivity contribution in [1.29, 1.82) is 0 Å². The molecule has 0 aromatic rings. The largest absolute Gasteiger partial charge is 0.394 e. The van der Waals surface area contributed by atoms with Gasteiger partial charge in [0, 0.05) is 0 Å². The number of amides is 1. The van der Waals surface area contributed by atoms with Crippen molar-refractivity contribution in [3.63, 3.8) is 0 Å². The standard InChI is InChI=1S/C20H31NO3/c1-17-14-18(17)12-10-8-6-4-2-3-5-7-9-11-13-20(24)21-19(15-22)16-23/h2-5,10-13,17-19,22-23H,6-9,14-16H2,1H3,(H,21,24)/b4-2-,5-3-,12-10+,13-11-/t17-,18-/m0/s1. The molecule has 3 N–H and O–H groups in total. The van der Waals surface area contributed by atoms with Crippen molar-refractivity contribution < 1.29 is 15.0 Å². The number of carbonyl (C=O) groups excluding carboxylic acids is 1. The maximum atomic E-state index is 11.4. The molecule has 1 aliphatic rings. The van der Waals surface area contributed by atoms with Crippen molar-refractivity contribution in [3.8, 4) is 0 Å². The number of allylic oxidation sites excluding steroid dienone is 7. The van der Waals surface area contributed by atoms with Gasteiger partial charge in [-0.3, -0.25) is 4.79 Å². The molecule has 1 rings (SSSR count). The topological polar surface area (TPSA) is 69.6 Å². The molecule has 0 bridgehead atoms. The van der Waals surface area contributed by atoms with Crippen LogP contribution >= 0.6 is 0 Å². The molecular formula is C20H31NO3. The Morgan fingerprint density at radius 3 is 2.12 bits per heavy atom. The van der Waals surface area contributed by atoms with E-state index in [-0.39, 0.29) is 19.1 Å². The lowest BCUT2D eigenvalue weighted by Crippen LogP contribution is -2.39. The molecule has 0 aromatic heterocycles.